The van der Waals surface area contributed by atoms with E-state index in [1.807, 2.05) is 42.1 Å². The number of unbranched alkanes of at least 4 members (excludes halogenated alkanes) is 5. The molecule has 0 spiro atoms. The summed E-state index contributed by atoms with van der Waals surface area (Å²) in [5.41, 5.74) is 1.71. The Hall–Kier alpha value is -1.74. The topological polar surface area (TPSA) is 32.6 Å². The Labute approximate surface area is 150 Å². The summed E-state index contributed by atoms with van der Waals surface area (Å²) in [6, 6.07) is 15.5. The van der Waals surface area contributed by atoms with E-state index >= 15 is 0 Å². The summed E-state index contributed by atoms with van der Waals surface area (Å²) in [6.07, 6.45) is 9.68. The molecule has 3 heteroatoms. The number of hydrogen-bond donors (Lipinski definition) is 1. The molecule has 0 heterocycles. The Morgan fingerprint density at radius 1 is 0.917 bits per heavy atom. The number of aliphatic imine (C=N–C) groups is 1. The van der Waals surface area contributed by atoms with Gasteiger partial charge in [0.05, 0.1) is 5.69 Å². The molecule has 0 atom stereocenters. The van der Waals surface area contributed by atoms with Crippen molar-refractivity contribution in [2.75, 3.05) is 5.75 Å². The van der Waals surface area contributed by atoms with E-state index in [-0.39, 0.29) is 5.75 Å². The lowest BCUT2D eigenvalue weighted by atomic mass is 10.1. The molecule has 2 nitrogen and oxygen atoms in total. The van der Waals surface area contributed by atoms with Crippen molar-refractivity contribution in [3.8, 4) is 5.75 Å². The first-order valence-corrected chi connectivity index (χ1v) is 9.83. The van der Waals surface area contributed by atoms with Gasteiger partial charge in [-0.15, -0.1) is 11.8 Å². The lowest BCUT2D eigenvalue weighted by molar-refractivity contribution is 0.474. The summed E-state index contributed by atoms with van der Waals surface area (Å²) in [5, 5.41) is 9.82. The molecule has 2 aromatic rings. The van der Waals surface area contributed by atoms with Crippen molar-refractivity contribution in [1.29, 1.82) is 0 Å². The summed E-state index contributed by atoms with van der Waals surface area (Å²) in [6.45, 7) is 2.25. The van der Waals surface area contributed by atoms with E-state index < -0.39 is 0 Å². The Bertz CT molecular complexity index is 639. The summed E-state index contributed by atoms with van der Waals surface area (Å²) in [4.78, 5) is 5.78. The number of thioether (sulfide) groups is 1. The zero-order valence-corrected chi connectivity index (χ0v) is 15.3. The van der Waals surface area contributed by atoms with Gasteiger partial charge in [-0.2, -0.15) is 0 Å². The van der Waals surface area contributed by atoms with Gasteiger partial charge in [0.25, 0.3) is 0 Å². The molecule has 0 aliphatic rings. The number of benzene rings is 2. The number of nitrogens with zero attached hydrogens (tertiary/aromatic N) is 1. The summed E-state index contributed by atoms with van der Waals surface area (Å²) in [7, 11) is 0. The quantitative estimate of drug-likeness (QED) is 0.300. The van der Waals surface area contributed by atoms with Crippen molar-refractivity contribution >= 4 is 23.7 Å². The maximum atomic E-state index is 9.82. The van der Waals surface area contributed by atoms with Gasteiger partial charge in [0.2, 0.25) is 0 Å². The Balaban J connectivity index is 1.87. The van der Waals surface area contributed by atoms with Crippen LogP contribution in [0.15, 0.2) is 58.4 Å². The minimum Gasteiger partial charge on any atom is -0.507 e. The predicted octanol–water partition coefficient (Wildman–Crippen LogP) is 6.60. The standard InChI is InChI=1S/C21H27NOS/c1-2-3-4-5-6-11-16-24-21-15-10-8-13-19(21)22-17-18-12-7-9-14-20(18)23/h7-10,12-15,17,23H,2-6,11,16H2,1H3/b22-17-. The molecule has 2 rings (SSSR count). The fourth-order valence-electron chi connectivity index (χ4n) is 2.49. The fourth-order valence-corrected chi connectivity index (χ4v) is 3.50. The van der Waals surface area contributed by atoms with Crippen LogP contribution in [0.2, 0.25) is 0 Å². The highest BCUT2D eigenvalue weighted by atomic mass is 32.2. The lowest BCUT2D eigenvalue weighted by Gasteiger charge is -2.05. The second-order valence-electron chi connectivity index (χ2n) is 5.90. The van der Waals surface area contributed by atoms with Gasteiger partial charge in [0.15, 0.2) is 0 Å². The molecular formula is C21H27NOS. The lowest BCUT2D eigenvalue weighted by Crippen LogP contribution is -1.84. The molecule has 128 valence electrons. The van der Waals surface area contributed by atoms with Gasteiger partial charge < -0.3 is 5.11 Å². The van der Waals surface area contributed by atoms with Crippen molar-refractivity contribution < 1.29 is 5.11 Å². The summed E-state index contributed by atoms with van der Waals surface area (Å²) in [5.74, 6) is 1.40. The Morgan fingerprint density at radius 3 is 2.46 bits per heavy atom. The molecular weight excluding hydrogens is 314 g/mol. The SMILES string of the molecule is CCCCCCCCSc1ccccc1/N=C\c1ccccc1O. The third-order valence-electron chi connectivity index (χ3n) is 3.90. The highest BCUT2D eigenvalue weighted by Gasteiger charge is 2.02. The molecule has 0 radical (unpaired) electrons. The number of phenolic OH excluding ortho intramolecular Hbond substituents is 1. The summed E-state index contributed by atoms with van der Waals surface area (Å²) >= 11 is 1.87. The Kier molecular flexibility index (Phi) is 8.47. The van der Waals surface area contributed by atoms with Gasteiger partial charge in [-0.3, -0.25) is 4.99 Å². The van der Waals surface area contributed by atoms with Crippen LogP contribution >= 0.6 is 11.8 Å². The van der Waals surface area contributed by atoms with Crippen LogP contribution in [0.5, 0.6) is 5.75 Å². The van der Waals surface area contributed by atoms with E-state index in [1.165, 1.54) is 43.4 Å². The monoisotopic (exact) mass is 341 g/mol. The first-order valence-electron chi connectivity index (χ1n) is 8.85. The van der Waals surface area contributed by atoms with Crippen LogP contribution in [0.4, 0.5) is 5.69 Å². The molecule has 0 aliphatic heterocycles. The second-order valence-corrected chi connectivity index (χ2v) is 7.04. The molecule has 0 amide bonds. The second kappa shape index (κ2) is 10.9. The van der Waals surface area contributed by atoms with E-state index in [0.717, 1.165) is 17.0 Å². The Morgan fingerprint density at radius 2 is 1.62 bits per heavy atom. The minimum absolute atomic E-state index is 0.262. The van der Waals surface area contributed by atoms with E-state index in [0.29, 0.717) is 0 Å². The smallest absolute Gasteiger partial charge is 0.124 e. The predicted molar refractivity (Wildman–Crippen MR) is 106 cm³/mol. The summed E-state index contributed by atoms with van der Waals surface area (Å²) < 4.78 is 0. The first kappa shape index (κ1) is 18.6. The number of rotatable bonds is 10. The van der Waals surface area contributed by atoms with Crippen molar-refractivity contribution in [2.24, 2.45) is 4.99 Å². The molecule has 2 aromatic carbocycles. The molecule has 0 aromatic heterocycles. The van der Waals surface area contributed by atoms with Gasteiger partial charge >= 0.3 is 0 Å². The van der Waals surface area contributed by atoms with E-state index in [4.69, 9.17) is 0 Å². The maximum absolute atomic E-state index is 9.82. The third-order valence-corrected chi connectivity index (χ3v) is 5.05. The highest BCUT2D eigenvalue weighted by molar-refractivity contribution is 7.99. The van der Waals surface area contributed by atoms with Crippen LogP contribution in [0, 0.1) is 0 Å². The van der Waals surface area contributed by atoms with Gasteiger partial charge in [-0.25, -0.2) is 0 Å². The average molecular weight is 342 g/mol. The molecule has 0 saturated carbocycles. The zero-order valence-electron chi connectivity index (χ0n) is 14.4. The molecule has 0 aliphatic carbocycles. The number of phenols is 1. The first-order chi connectivity index (χ1) is 11.8. The number of hydrogen-bond acceptors (Lipinski definition) is 3. The highest BCUT2D eigenvalue weighted by Crippen LogP contribution is 2.30. The van der Waals surface area contributed by atoms with Crippen LogP contribution in [-0.2, 0) is 0 Å². The van der Waals surface area contributed by atoms with E-state index in [1.54, 1.807) is 12.3 Å². The molecule has 0 saturated heterocycles. The van der Waals surface area contributed by atoms with Crippen LogP contribution < -0.4 is 0 Å². The molecule has 1 N–H and O–H groups in total. The molecule has 0 unspecified atom stereocenters. The molecule has 24 heavy (non-hydrogen) atoms. The van der Waals surface area contributed by atoms with Crippen molar-refractivity contribution in [2.45, 2.75) is 50.3 Å². The third kappa shape index (κ3) is 6.40. The average Bonchev–Trinajstić information content (AvgIpc) is 2.61. The minimum atomic E-state index is 0.262. The van der Waals surface area contributed by atoms with Crippen LogP contribution in [0.25, 0.3) is 0 Å². The van der Waals surface area contributed by atoms with Gasteiger partial charge in [0, 0.05) is 16.7 Å². The fraction of sp³-hybridized carbons (Fsp3) is 0.381. The van der Waals surface area contributed by atoms with Gasteiger partial charge in [-0.05, 0) is 36.4 Å². The van der Waals surface area contributed by atoms with Crippen molar-refractivity contribution in [3.05, 3.63) is 54.1 Å². The van der Waals surface area contributed by atoms with Crippen LogP contribution in [-0.4, -0.2) is 17.1 Å². The molecule has 0 fully saturated rings. The van der Waals surface area contributed by atoms with Gasteiger partial charge in [0.1, 0.15) is 5.75 Å². The zero-order chi connectivity index (χ0) is 17.0. The van der Waals surface area contributed by atoms with E-state index in [9.17, 15) is 5.11 Å². The maximum Gasteiger partial charge on any atom is 0.124 e. The normalized spacial score (nSPS) is 11.2. The largest absolute Gasteiger partial charge is 0.507 e. The van der Waals surface area contributed by atoms with Crippen LogP contribution in [0.1, 0.15) is 51.0 Å². The van der Waals surface area contributed by atoms with Crippen LogP contribution in [0.3, 0.4) is 0 Å². The number of para-hydroxylation sites is 2. The van der Waals surface area contributed by atoms with Gasteiger partial charge in [-0.1, -0.05) is 63.3 Å². The van der Waals surface area contributed by atoms with E-state index in [2.05, 4.69) is 24.0 Å². The van der Waals surface area contributed by atoms with Crippen molar-refractivity contribution in [3.63, 3.8) is 0 Å². The molecule has 0 bridgehead atoms. The van der Waals surface area contributed by atoms with Crippen molar-refractivity contribution in [1.82, 2.24) is 0 Å². The number of aromatic hydroxyl groups is 1.